The van der Waals surface area contributed by atoms with E-state index in [-0.39, 0.29) is 30.9 Å². The molecule has 182 valence electrons. The van der Waals surface area contributed by atoms with Crippen molar-refractivity contribution in [2.45, 2.75) is 18.9 Å². The van der Waals surface area contributed by atoms with E-state index < -0.39 is 5.41 Å². The number of aromatic nitrogens is 4. The SMILES string of the molecule is C=CC(=O)N1CC(C#N)(C(=O)N2CCC(n3cc(-c4cc(OC)c5c(C#N)cnn5c4)cn3)CC2)C1. The number of nitrogens with zero attached hydrogens (tertiary/aromatic N) is 8. The number of carbonyl (C=O) groups excluding carboxylic acids is 2. The Bertz CT molecular complexity index is 1440. The van der Waals surface area contributed by atoms with E-state index in [1.165, 1.54) is 17.2 Å². The summed E-state index contributed by atoms with van der Waals surface area (Å²) in [6.07, 6.45) is 9.68. The number of pyridine rings is 1. The first kappa shape index (κ1) is 23.1. The Hall–Kier alpha value is -4.64. The highest BCUT2D eigenvalue weighted by molar-refractivity contribution is 5.93. The summed E-state index contributed by atoms with van der Waals surface area (Å²) in [5, 5.41) is 27.8. The molecule has 0 aliphatic carbocycles. The Morgan fingerprint density at radius 1 is 1.14 bits per heavy atom. The van der Waals surface area contributed by atoms with Crippen molar-refractivity contribution < 1.29 is 14.3 Å². The largest absolute Gasteiger partial charge is 0.494 e. The van der Waals surface area contributed by atoms with Crippen molar-refractivity contribution in [2.24, 2.45) is 5.41 Å². The van der Waals surface area contributed by atoms with Crippen molar-refractivity contribution in [1.29, 1.82) is 10.5 Å². The van der Waals surface area contributed by atoms with Crippen molar-refractivity contribution in [2.75, 3.05) is 33.3 Å². The normalized spacial score (nSPS) is 17.2. The molecule has 0 spiro atoms. The summed E-state index contributed by atoms with van der Waals surface area (Å²) in [5.41, 5.74) is 1.63. The van der Waals surface area contributed by atoms with Crippen molar-refractivity contribution >= 4 is 17.3 Å². The van der Waals surface area contributed by atoms with Crippen LogP contribution in [-0.2, 0) is 9.59 Å². The molecule has 5 rings (SSSR count). The second-order valence-electron chi connectivity index (χ2n) is 9.09. The first-order valence-electron chi connectivity index (χ1n) is 11.5. The molecule has 2 aliphatic rings. The standard InChI is InChI=1S/C25H24N8O3/c1-3-22(34)31-15-25(14-27,16-31)24(35)30-6-4-20(5-7-30)32-13-19(11-28-32)17-8-21(36-2)23-18(9-26)10-29-33(23)12-17/h3,8,10-13,20H,1,4-7,15-16H2,2H3. The minimum absolute atomic E-state index is 0.107. The third-order valence-electron chi connectivity index (χ3n) is 7.01. The lowest BCUT2D eigenvalue weighted by atomic mass is 9.79. The van der Waals surface area contributed by atoms with Crippen LogP contribution < -0.4 is 4.74 Å². The van der Waals surface area contributed by atoms with Crippen LogP contribution in [0.25, 0.3) is 16.6 Å². The molecule has 3 aromatic heterocycles. The summed E-state index contributed by atoms with van der Waals surface area (Å²) in [4.78, 5) is 28.0. The summed E-state index contributed by atoms with van der Waals surface area (Å²) in [5.74, 6) is 0.0719. The van der Waals surface area contributed by atoms with E-state index in [0.717, 1.165) is 11.1 Å². The van der Waals surface area contributed by atoms with Gasteiger partial charge in [-0.3, -0.25) is 14.3 Å². The zero-order valence-electron chi connectivity index (χ0n) is 19.8. The van der Waals surface area contributed by atoms with Crippen LogP contribution in [0, 0.1) is 28.1 Å². The minimum atomic E-state index is -1.17. The molecule has 0 atom stereocenters. The predicted octanol–water partition coefficient (Wildman–Crippen LogP) is 1.78. The molecule has 2 saturated heterocycles. The second kappa shape index (κ2) is 8.86. The molecule has 0 N–H and O–H groups in total. The summed E-state index contributed by atoms with van der Waals surface area (Å²) in [6, 6.07) is 6.24. The topological polar surface area (TPSA) is 133 Å². The highest BCUT2D eigenvalue weighted by Gasteiger charge is 2.53. The number of rotatable bonds is 5. The number of hydrogen-bond acceptors (Lipinski definition) is 7. The fourth-order valence-electron chi connectivity index (χ4n) is 4.95. The van der Waals surface area contributed by atoms with Crippen LogP contribution in [0.1, 0.15) is 24.4 Å². The van der Waals surface area contributed by atoms with Crippen molar-refractivity contribution in [3.63, 3.8) is 0 Å². The minimum Gasteiger partial charge on any atom is -0.494 e. The highest BCUT2D eigenvalue weighted by Crippen LogP contribution is 2.35. The Morgan fingerprint density at radius 3 is 2.53 bits per heavy atom. The van der Waals surface area contributed by atoms with E-state index in [1.54, 1.807) is 22.7 Å². The number of hydrogen-bond donors (Lipinski definition) is 0. The van der Waals surface area contributed by atoms with Gasteiger partial charge in [-0.2, -0.15) is 20.7 Å². The van der Waals surface area contributed by atoms with E-state index in [2.05, 4.69) is 28.9 Å². The summed E-state index contributed by atoms with van der Waals surface area (Å²) >= 11 is 0. The fourth-order valence-corrected chi connectivity index (χ4v) is 4.95. The Balaban J connectivity index is 1.27. The highest BCUT2D eigenvalue weighted by atomic mass is 16.5. The maximum absolute atomic E-state index is 13.1. The van der Waals surface area contributed by atoms with E-state index in [4.69, 9.17) is 4.74 Å². The lowest BCUT2D eigenvalue weighted by Gasteiger charge is -2.46. The first-order valence-corrected chi connectivity index (χ1v) is 11.5. The lowest BCUT2D eigenvalue weighted by Crippen LogP contribution is -2.64. The number of methoxy groups -OCH3 is 1. The van der Waals surface area contributed by atoms with Crippen LogP contribution in [0.3, 0.4) is 0 Å². The molecule has 0 aromatic carbocycles. The van der Waals surface area contributed by atoms with Gasteiger partial charge < -0.3 is 14.5 Å². The van der Waals surface area contributed by atoms with Gasteiger partial charge in [0.1, 0.15) is 22.9 Å². The lowest BCUT2D eigenvalue weighted by molar-refractivity contribution is -0.153. The molecule has 0 unspecified atom stereocenters. The van der Waals surface area contributed by atoms with Crippen molar-refractivity contribution in [3.8, 4) is 29.0 Å². The number of piperidine rings is 1. The number of nitriles is 2. The molecule has 2 fully saturated rings. The summed E-state index contributed by atoms with van der Waals surface area (Å²) in [6.45, 7) is 4.70. The van der Waals surface area contributed by atoms with Gasteiger partial charge in [-0.15, -0.1) is 0 Å². The van der Waals surface area contributed by atoms with Gasteiger partial charge in [0.25, 0.3) is 0 Å². The number of fused-ring (bicyclic) bond motifs is 1. The number of amides is 2. The van der Waals surface area contributed by atoms with Gasteiger partial charge in [0.05, 0.1) is 44.7 Å². The number of carbonyl (C=O) groups is 2. The maximum Gasteiger partial charge on any atom is 0.246 e. The van der Waals surface area contributed by atoms with Crippen LogP contribution in [0.2, 0.25) is 0 Å². The average Bonchev–Trinajstić information content (AvgIpc) is 3.55. The van der Waals surface area contributed by atoms with Crippen LogP contribution in [-0.4, -0.2) is 74.3 Å². The molecule has 0 bridgehead atoms. The average molecular weight is 485 g/mol. The molecule has 36 heavy (non-hydrogen) atoms. The first-order chi connectivity index (χ1) is 17.4. The smallest absolute Gasteiger partial charge is 0.246 e. The molecule has 11 heteroatoms. The van der Waals surface area contributed by atoms with Gasteiger partial charge in [-0.05, 0) is 25.0 Å². The molecule has 2 aliphatic heterocycles. The Labute approximate surface area is 207 Å². The van der Waals surface area contributed by atoms with Gasteiger partial charge in [0.2, 0.25) is 11.8 Å². The van der Waals surface area contributed by atoms with Crippen molar-refractivity contribution in [3.05, 3.63) is 49.1 Å². The van der Waals surface area contributed by atoms with E-state index in [0.29, 0.717) is 42.8 Å². The third kappa shape index (κ3) is 3.66. The number of likely N-dealkylation sites (tertiary alicyclic amines) is 2. The molecule has 5 heterocycles. The zero-order valence-corrected chi connectivity index (χ0v) is 19.8. The molecular formula is C25H24N8O3. The molecule has 0 radical (unpaired) electrons. The Morgan fingerprint density at radius 2 is 1.89 bits per heavy atom. The van der Waals surface area contributed by atoms with Gasteiger partial charge >= 0.3 is 0 Å². The van der Waals surface area contributed by atoms with Gasteiger partial charge in [-0.1, -0.05) is 6.58 Å². The van der Waals surface area contributed by atoms with E-state index in [1.807, 2.05) is 23.1 Å². The molecule has 0 saturated carbocycles. The van der Waals surface area contributed by atoms with Crippen LogP contribution in [0.5, 0.6) is 5.75 Å². The molecule has 2 amide bonds. The second-order valence-corrected chi connectivity index (χ2v) is 9.09. The predicted molar refractivity (Wildman–Crippen MR) is 127 cm³/mol. The summed E-state index contributed by atoms with van der Waals surface area (Å²) in [7, 11) is 1.56. The van der Waals surface area contributed by atoms with Gasteiger partial charge in [0, 0.05) is 36.6 Å². The zero-order chi connectivity index (χ0) is 25.4. The van der Waals surface area contributed by atoms with Crippen molar-refractivity contribution in [1.82, 2.24) is 29.2 Å². The van der Waals surface area contributed by atoms with E-state index in [9.17, 15) is 20.1 Å². The Kier molecular flexibility index (Phi) is 5.69. The van der Waals surface area contributed by atoms with Crippen LogP contribution >= 0.6 is 0 Å². The number of ether oxygens (including phenoxy) is 1. The van der Waals surface area contributed by atoms with Gasteiger partial charge in [-0.25, -0.2) is 4.52 Å². The van der Waals surface area contributed by atoms with Crippen LogP contribution in [0.4, 0.5) is 0 Å². The quantitative estimate of drug-likeness (QED) is 0.504. The third-order valence-corrected chi connectivity index (χ3v) is 7.01. The summed E-state index contributed by atoms with van der Waals surface area (Å²) < 4.78 is 9.04. The molecular weight excluding hydrogens is 460 g/mol. The fraction of sp³-hybridized carbons (Fsp3) is 0.360. The van der Waals surface area contributed by atoms with Gasteiger partial charge in [0.15, 0.2) is 5.41 Å². The maximum atomic E-state index is 13.1. The van der Waals surface area contributed by atoms with E-state index >= 15 is 0 Å². The van der Waals surface area contributed by atoms with Crippen LogP contribution in [0.15, 0.2) is 43.5 Å². The monoisotopic (exact) mass is 484 g/mol. The molecule has 11 nitrogen and oxygen atoms in total. The molecule has 3 aromatic rings.